The maximum Gasteiger partial charge on any atom is 0.186 e. The van der Waals surface area contributed by atoms with Gasteiger partial charge >= 0.3 is 0 Å². The van der Waals surface area contributed by atoms with E-state index in [4.69, 9.17) is 4.74 Å². The van der Waals surface area contributed by atoms with Crippen molar-refractivity contribution in [1.82, 2.24) is 0 Å². The zero-order chi connectivity index (χ0) is 31.9. The van der Waals surface area contributed by atoms with Gasteiger partial charge in [-0.25, -0.2) is 8.42 Å². The number of ether oxygens (including phenoxy) is 1. The van der Waals surface area contributed by atoms with Crippen LogP contribution >= 0.6 is 0 Å². The molecule has 45 heavy (non-hydrogen) atoms. The highest BCUT2D eigenvalue weighted by molar-refractivity contribution is 7.91. The van der Waals surface area contributed by atoms with Gasteiger partial charge in [-0.2, -0.15) is 0 Å². The fourth-order valence-electron chi connectivity index (χ4n) is 5.43. The molecule has 4 aromatic rings. The third-order valence-electron chi connectivity index (χ3n) is 8.40. The largest absolute Gasteiger partial charge is 0.378 e. The van der Waals surface area contributed by atoms with Crippen LogP contribution in [0.3, 0.4) is 0 Å². The van der Waals surface area contributed by atoms with E-state index in [0.29, 0.717) is 4.90 Å². The highest BCUT2D eigenvalue weighted by atomic mass is 32.2. The first-order chi connectivity index (χ1) is 21.6. The van der Waals surface area contributed by atoms with Crippen LogP contribution in [0.2, 0.25) is 0 Å². The summed E-state index contributed by atoms with van der Waals surface area (Å²) in [6.07, 6.45) is 0.197. The average molecular weight is 616 g/mol. The minimum atomic E-state index is -3.61. The van der Waals surface area contributed by atoms with Crippen molar-refractivity contribution in [2.75, 3.05) is 31.2 Å². The maximum absolute atomic E-state index is 13.5. The first-order valence-electron chi connectivity index (χ1n) is 15.5. The standard InChI is InChI=1S/C40H41NO3S/c1-39(2,26-27-40(3,4)35-22-24-36(25-23-35)41-28-30-44-31-29-41)34-20-18-32(19-21-34)12-11-17-38(33-13-7-5-8-14-33)45(42,43)37-15-9-6-10-16-37/h5-10,13-16,18-25,38H,17,28-31H2,1-4H3. The van der Waals surface area contributed by atoms with Crippen molar-refractivity contribution >= 4 is 15.5 Å². The Morgan fingerprint density at radius 3 is 1.78 bits per heavy atom. The van der Waals surface area contributed by atoms with E-state index in [0.717, 1.165) is 43.0 Å². The Labute approximate surface area is 269 Å². The van der Waals surface area contributed by atoms with Gasteiger partial charge in [0, 0.05) is 30.8 Å². The van der Waals surface area contributed by atoms with Gasteiger partial charge in [0.25, 0.3) is 0 Å². The second-order valence-electron chi connectivity index (χ2n) is 12.5. The average Bonchev–Trinajstić information content (AvgIpc) is 3.07. The number of morpholine rings is 1. The lowest BCUT2D eigenvalue weighted by atomic mass is 9.80. The maximum atomic E-state index is 13.5. The van der Waals surface area contributed by atoms with Crippen LogP contribution in [0.1, 0.15) is 61.6 Å². The van der Waals surface area contributed by atoms with Crippen molar-refractivity contribution in [3.63, 3.8) is 0 Å². The summed E-state index contributed by atoms with van der Waals surface area (Å²) in [5.74, 6) is 13.4. The molecule has 0 bridgehead atoms. The molecule has 5 heteroatoms. The minimum Gasteiger partial charge on any atom is -0.378 e. The number of hydrogen-bond acceptors (Lipinski definition) is 4. The highest BCUT2D eigenvalue weighted by Gasteiger charge is 2.28. The minimum absolute atomic E-state index is 0.197. The van der Waals surface area contributed by atoms with Crippen LogP contribution in [0.15, 0.2) is 114 Å². The molecule has 230 valence electrons. The van der Waals surface area contributed by atoms with E-state index >= 15 is 0 Å². The fraction of sp³-hybridized carbons (Fsp3) is 0.300. The van der Waals surface area contributed by atoms with Gasteiger partial charge in [-0.15, -0.1) is 0 Å². The number of anilines is 1. The second-order valence-corrected chi connectivity index (χ2v) is 14.6. The summed E-state index contributed by atoms with van der Waals surface area (Å²) in [4.78, 5) is 2.67. The fourth-order valence-corrected chi connectivity index (χ4v) is 7.12. The molecule has 0 amide bonds. The van der Waals surface area contributed by atoms with Crippen molar-refractivity contribution in [2.24, 2.45) is 0 Å². The van der Waals surface area contributed by atoms with Crippen LogP contribution in [-0.4, -0.2) is 34.7 Å². The molecule has 1 aliphatic rings. The van der Waals surface area contributed by atoms with Crippen LogP contribution in [0.25, 0.3) is 0 Å². The van der Waals surface area contributed by atoms with E-state index in [2.05, 4.69) is 92.7 Å². The summed E-state index contributed by atoms with van der Waals surface area (Å²) >= 11 is 0. The molecule has 1 saturated heterocycles. The predicted molar refractivity (Wildman–Crippen MR) is 184 cm³/mol. The number of rotatable bonds is 7. The van der Waals surface area contributed by atoms with Gasteiger partial charge in [0.2, 0.25) is 0 Å². The number of sulfone groups is 1. The lowest BCUT2D eigenvalue weighted by Crippen LogP contribution is -2.36. The van der Waals surface area contributed by atoms with Crippen molar-refractivity contribution < 1.29 is 13.2 Å². The number of hydrogen-bond donors (Lipinski definition) is 0. The molecule has 1 aliphatic heterocycles. The van der Waals surface area contributed by atoms with E-state index in [1.807, 2.05) is 48.5 Å². The summed E-state index contributed by atoms with van der Waals surface area (Å²) in [6.45, 7) is 12.0. The van der Waals surface area contributed by atoms with Crippen LogP contribution in [0, 0.1) is 23.7 Å². The highest BCUT2D eigenvalue weighted by Crippen LogP contribution is 2.32. The van der Waals surface area contributed by atoms with Crippen molar-refractivity contribution in [2.45, 2.75) is 55.1 Å². The topological polar surface area (TPSA) is 46.6 Å². The van der Waals surface area contributed by atoms with Gasteiger partial charge in [-0.05, 0) is 80.8 Å². The smallest absolute Gasteiger partial charge is 0.186 e. The summed E-state index contributed by atoms with van der Waals surface area (Å²) in [7, 11) is -3.61. The lowest BCUT2D eigenvalue weighted by molar-refractivity contribution is 0.122. The van der Waals surface area contributed by atoms with Crippen LogP contribution in [0.5, 0.6) is 0 Å². The molecular formula is C40H41NO3S. The number of benzene rings is 4. The molecule has 5 rings (SSSR count). The summed E-state index contributed by atoms with van der Waals surface area (Å²) in [6, 6.07) is 34.8. The SMILES string of the molecule is CC(C)(C#CC(C)(C)c1ccc(N2CCOCC2)cc1)c1ccc(C#CCC(c2ccccc2)S(=O)(=O)c2ccccc2)cc1. The zero-order valence-electron chi connectivity index (χ0n) is 26.6. The van der Waals surface area contributed by atoms with Gasteiger partial charge in [0.1, 0.15) is 5.25 Å². The second kappa shape index (κ2) is 13.8. The summed E-state index contributed by atoms with van der Waals surface area (Å²) in [5, 5.41) is -0.749. The Morgan fingerprint density at radius 2 is 1.22 bits per heavy atom. The number of nitrogens with zero attached hydrogens (tertiary/aromatic N) is 1. The monoisotopic (exact) mass is 615 g/mol. The molecule has 0 radical (unpaired) electrons. The summed E-state index contributed by atoms with van der Waals surface area (Å²) < 4.78 is 32.6. The van der Waals surface area contributed by atoms with E-state index < -0.39 is 15.1 Å². The normalized spacial score (nSPS) is 14.4. The molecule has 0 N–H and O–H groups in total. The first-order valence-corrected chi connectivity index (χ1v) is 17.0. The van der Waals surface area contributed by atoms with E-state index in [-0.39, 0.29) is 17.3 Å². The van der Waals surface area contributed by atoms with Gasteiger partial charge in [0.05, 0.1) is 28.9 Å². The molecule has 1 atom stereocenters. The van der Waals surface area contributed by atoms with Crippen molar-refractivity contribution in [3.8, 4) is 23.7 Å². The van der Waals surface area contributed by atoms with E-state index in [1.54, 1.807) is 24.3 Å². The van der Waals surface area contributed by atoms with Crippen molar-refractivity contribution in [3.05, 3.63) is 131 Å². The Kier molecular flexibility index (Phi) is 9.83. The molecular weight excluding hydrogens is 575 g/mol. The molecule has 0 saturated carbocycles. The van der Waals surface area contributed by atoms with Gasteiger partial charge in [-0.3, -0.25) is 0 Å². The van der Waals surface area contributed by atoms with E-state index in [1.165, 1.54) is 11.3 Å². The summed E-state index contributed by atoms with van der Waals surface area (Å²) in [5.41, 5.74) is 4.43. The van der Waals surface area contributed by atoms with Gasteiger partial charge in [0.15, 0.2) is 9.84 Å². The predicted octanol–water partition coefficient (Wildman–Crippen LogP) is 7.74. The molecule has 0 aliphatic carbocycles. The molecule has 4 nitrogen and oxygen atoms in total. The molecule has 1 heterocycles. The lowest BCUT2D eigenvalue weighted by Gasteiger charge is -2.29. The van der Waals surface area contributed by atoms with Gasteiger partial charge < -0.3 is 9.64 Å². The van der Waals surface area contributed by atoms with Crippen LogP contribution < -0.4 is 4.90 Å². The van der Waals surface area contributed by atoms with E-state index in [9.17, 15) is 8.42 Å². The van der Waals surface area contributed by atoms with Crippen molar-refractivity contribution in [1.29, 1.82) is 0 Å². The third-order valence-corrected chi connectivity index (χ3v) is 10.5. The Hall–Kier alpha value is -4.29. The van der Waals surface area contributed by atoms with Crippen LogP contribution in [0.4, 0.5) is 5.69 Å². The van der Waals surface area contributed by atoms with Crippen LogP contribution in [-0.2, 0) is 25.4 Å². The first kappa shape index (κ1) is 32.1. The molecule has 1 fully saturated rings. The molecule has 0 spiro atoms. The quantitative estimate of drug-likeness (QED) is 0.200. The third kappa shape index (κ3) is 7.87. The van der Waals surface area contributed by atoms with Gasteiger partial charge in [-0.1, -0.05) is 96.5 Å². The molecule has 0 aromatic heterocycles. The molecule has 1 unspecified atom stereocenters. The Balaban J connectivity index is 1.29. The zero-order valence-corrected chi connectivity index (χ0v) is 27.4. The Morgan fingerprint density at radius 1 is 0.711 bits per heavy atom. The Bertz CT molecular complexity index is 1800. The molecule has 4 aromatic carbocycles.